The fraction of sp³-hybridized carbons (Fsp3) is 0.158. The molecule has 2 aromatic carbocycles. The molecule has 3 rings (SSSR count). The zero-order valence-corrected chi connectivity index (χ0v) is 16.6. The van der Waals surface area contributed by atoms with E-state index in [0.29, 0.717) is 22.3 Å². The van der Waals surface area contributed by atoms with Crippen LogP contribution in [-0.4, -0.2) is 31.7 Å². The Bertz CT molecular complexity index is 996. The minimum atomic E-state index is -0.481. The van der Waals surface area contributed by atoms with E-state index < -0.39 is 11.7 Å². The minimum Gasteiger partial charge on any atom is -0.497 e. The summed E-state index contributed by atoms with van der Waals surface area (Å²) in [6.45, 7) is -0.289. The van der Waals surface area contributed by atoms with E-state index >= 15 is 0 Å². The van der Waals surface area contributed by atoms with Crippen molar-refractivity contribution in [2.75, 3.05) is 26.1 Å². The number of nitrogens with zero attached hydrogens (tertiary/aromatic N) is 1. The van der Waals surface area contributed by atoms with Crippen LogP contribution in [-0.2, 0) is 4.79 Å². The average Bonchev–Trinajstić information content (AvgIpc) is 3.15. The first-order valence-corrected chi connectivity index (χ1v) is 9.31. The van der Waals surface area contributed by atoms with Gasteiger partial charge in [0.05, 0.1) is 24.9 Å². The van der Waals surface area contributed by atoms with Crippen LogP contribution in [0.15, 0.2) is 41.8 Å². The van der Waals surface area contributed by atoms with Crippen LogP contribution in [0.4, 0.5) is 9.52 Å². The molecule has 0 aliphatic rings. The third-order valence-electron chi connectivity index (χ3n) is 3.69. The van der Waals surface area contributed by atoms with E-state index in [1.54, 1.807) is 37.8 Å². The van der Waals surface area contributed by atoms with Gasteiger partial charge in [-0.15, -0.1) is 11.3 Å². The molecule has 9 heteroatoms. The summed E-state index contributed by atoms with van der Waals surface area (Å²) in [6.07, 6.45) is 0. The molecule has 0 aliphatic heterocycles. The van der Waals surface area contributed by atoms with Crippen LogP contribution in [0.25, 0.3) is 11.3 Å². The van der Waals surface area contributed by atoms with Gasteiger partial charge in [-0.3, -0.25) is 10.1 Å². The maximum absolute atomic E-state index is 13.0. The molecule has 0 unspecified atom stereocenters. The summed E-state index contributed by atoms with van der Waals surface area (Å²) >= 11 is 7.13. The van der Waals surface area contributed by atoms with Gasteiger partial charge >= 0.3 is 0 Å². The van der Waals surface area contributed by atoms with Crippen molar-refractivity contribution in [3.8, 4) is 28.5 Å². The number of carbonyl (C=O) groups is 1. The van der Waals surface area contributed by atoms with Crippen molar-refractivity contribution in [1.82, 2.24) is 4.98 Å². The highest BCUT2D eigenvalue weighted by Gasteiger charge is 2.14. The summed E-state index contributed by atoms with van der Waals surface area (Å²) in [5, 5.41) is 4.94. The second kappa shape index (κ2) is 8.90. The quantitative estimate of drug-likeness (QED) is 0.600. The van der Waals surface area contributed by atoms with Crippen molar-refractivity contribution in [2.45, 2.75) is 0 Å². The number of amides is 1. The molecule has 1 amide bonds. The van der Waals surface area contributed by atoms with Gasteiger partial charge in [-0.2, -0.15) is 0 Å². The summed E-state index contributed by atoms with van der Waals surface area (Å²) in [4.78, 5) is 16.5. The fourth-order valence-corrected chi connectivity index (χ4v) is 3.31. The Morgan fingerprint density at radius 2 is 1.96 bits per heavy atom. The van der Waals surface area contributed by atoms with Crippen LogP contribution in [0.5, 0.6) is 17.2 Å². The molecular weight excluding hydrogens is 407 g/mol. The molecule has 0 aliphatic carbocycles. The number of methoxy groups -OCH3 is 2. The van der Waals surface area contributed by atoms with Gasteiger partial charge < -0.3 is 14.2 Å². The molecular formula is C19H16ClFN2O4S. The molecule has 0 atom stereocenters. The van der Waals surface area contributed by atoms with Gasteiger partial charge in [0.15, 0.2) is 11.7 Å². The fourth-order valence-electron chi connectivity index (χ4n) is 2.36. The standard InChI is InChI=1S/C19H16ClFN2O4S/c1-25-12-4-6-16(26-2)13(8-12)15-10-28-19(22-15)23-18(24)9-27-17-5-3-11(21)7-14(17)20/h3-8,10H,9H2,1-2H3,(H,22,23,24). The van der Waals surface area contributed by atoms with Crippen molar-refractivity contribution >= 4 is 34.0 Å². The number of rotatable bonds is 7. The zero-order valence-electron chi connectivity index (χ0n) is 15.0. The van der Waals surface area contributed by atoms with Gasteiger partial charge in [-0.1, -0.05) is 11.6 Å². The second-order valence-electron chi connectivity index (χ2n) is 5.52. The molecule has 0 fully saturated rings. The minimum absolute atomic E-state index is 0.0921. The van der Waals surface area contributed by atoms with Gasteiger partial charge in [-0.05, 0) is 36.4 Å². The van der Waals surface area contributed by atoms with Crippen LogP contribution in [0.3, 0.4) is 0 Å². The van der Waals surface area contributed by atoms with Crippen molar-refractivity contribution in [3.05, 3.63) is 52.6 Å². The van der Waals surface area contributed by atoms with Gasteiger partial charge in [0, 0.05) is 10.9 Å². The molecule has 0 saturated carbocycles. The van der Waals surface area contributed by atoms with Crippen LogP contribution < -0.4 is 19.5 Å². The monoisotopic (exact) mass is 422 g/mol. The van der Waals surface area contributed by atoms with E-state index in [-0.39, 0.29) is 17.4 Å². The van der Waals surface area contributed by atoms with Crippen molar-refractivity contribution in [3.63, 3.8) is 0 Å². The van der Waals surface area contributed by atoms with E-state index in [2.05, 4.69) is 10.3 Å². The maximum Gasteiger partial charge on any atom is 0.264 e. The molecule has 0 saturated heterocycles. The number of aromatic nitrogens is 1. The molecule has 1 aromatic heterocycles. The van der Waals surface area contributed by atoms with Crippen molar-refractivity contribution in [2.24, 2.45) is 0 Å². The number of halogens is 2. The molecule has 146 valence electrons. The zero-order chi connectivity index (χ0) is 20.1. The first kappa shape index (κ1) is 19.9. The Balaban J connectivity index is 1.67. The summed E-state index contributed by atoms with van der Waals surface area (Å²) < 4.78 is 28.9. The van der Waals surface area contributed by atoms with Crippen molar-refractivity contribution in [1.29, 1.82) is 0 Å². The number of nitrogens with one attached hydrogen (secondary N) is 1. The summed E-state index contributed by atoms with van der Waals surface area (Å²) in [5.74, 6) is 0.625. The molecule has 0 spiro atoms. The van der Waals surface area contributed by atoms with E-state index in [1.165, 1.54) is 23.5 Å². The first-order valence-electron chi connectivity index (χ1n) is 8.05. The summed E-state index contributed by atoms with van der Waals surface area (Å²) in [6, 6.07) is 9.05. The molecule has 3 aromatic rings. The lowest BCUT2D eigenvalue weighted by molar-refractivity contribution is -0.118. The molecule has 1 heterocycles. The van der Waals surface area contributed by atoms with Crippen LogP contribution in [0.2, 0.25) is 5.02 Å². The highest BCUT2D eigenvalue weighted by Crippen LogP contribution is 2.35. The number of anilines is 1. The SMILES string of the molecule is COc1ccc(OC)c(-c2csc(NC(=O)COc3ccc(F)cc3Cl)n2)c1. The van der Waals surface area contributed by atoms with E-state index in [9.17, 15) is 9.18 Å². The molecule has 0 radical (unpaired) electrons. The molecule has 0 bridgehead atoms. The lowest BCUT2D eigenvalue weighted by Gasteiger charge is -2.08. The Labute approximate surface area is 169 Å². The highest BCUT2D eigenvalue weighted by atomic mass is 35.5. The first-order chi connectivity index (χ1) is 13.5. The predicted octanol–water partition coefficient (Wildman–Crippen LogP) is 4.64. The second-order valence-corrected chi connectivity index (χ2v) is 6.78. The van der Waals surface area contributed by atoms with Gasteiger partial charge in [0.1, 0.15) is 23.1 Å². The number of thiazole rings is 1. The Hall–Kier alpha value is -2.84. The Morgan fingerprint density at radius 3 is 2.68 bits per heavy atom. The van der Waals surface area contributed by atoms with E-state index in [4.69, 9.17) is 25.8 Å². The third-order valence-corrected chi connectivity index (χ3v) is 4.74. The lowest BCUT2D eigenvalue weighted by Crippen LogP contribution is -2.20. The van der Waals surface area contributed by atoms with Gasteiger partial charge in [0.25, 0.3) is 5.91 Å². The largest absolute Gasteiger partial charge is 0.497 e. The van der Waals surface area contributed by atoms with Crippen LogP contribution in [0, 0.1) is 5.82 Å². The normalized spacial score (nSPS) is 10.4. The number of benzene rings is 2. The molecule has 1 N–H and O–H groups in total. The third kappa shape index (κ3) is 4.71. The molecule has 6 nitrogen and oxygen atoms in total. The van der Waals surface area contributed by atoms with Crippen LogP contribution in [0.1, 0.15) is 0 Å². The van der Waals surface area contributed by atoms with E-state index in [1.807, 2.05) is 0 Å². The summed E-state index contributed by atoms with van der Waals surface area (Å²) in [7, 11) is 3.14. The Morgan fingerprint density at radius 1 is 1.18 bits per heavy atom. The smallest absolute Gasteiger partial charge is 0.264 e. The lowest BCUT2D eigenvalue weighted by atomic mass is 10.1. The topological polar surface area (TPSA) is 69.7 Å². The highest BCUT2D eigenvalue weighted by molar-refractivity contribution is 7.14. The van der Waals surface area contributed by atoms with Gasteiger partial charge in [0.2, 0.25) is 0 Å². The number of carbonyl (C=O) groups excluding carboxylic acids is 1. The summed E-state index contributed by atoms with van der Waals surface area (Å²) in [5.41, 5.74) is 1.38. The van der Waals surface area contributed by atoms with Gasteiger partial charge in [-0.25, -0.2) is 9.37 Å². The molecule has 28 heavy (non-hydrogen) atoms. The maximum atomic E-state index is 13.0. The number of hydrogen-bond donors (Lipinski definition) is 1. The Kier molecular flexibility index (Phi) is 6.33. The van der Waals surface area contributed by atoms with E-state index in [0.717, 1.165) is 11.6 Å². The average molecular weight is 423 g/mol. The van der Waals surface area contributed by atoms with Crippen molar-refractivity contribution < 1.29 is 23.4 Å². The number of hydrogen-bond acceptors (Lipinski definition) is 6. The predicted molar refractivity (Wildman–Crippen MR) is 106 cm³/mol. The van der Waals surface area contributed by atoms with Crippen LogP contribution >= 0.6 is 22.9 Å². The number of ether oxygens (including phenoxy) is 3.